The van der Waals surface area contributed by atoms with Crippen molar-refractivity contribution in [2.24, 2.45) is 11.7 Å². The number of ether oxygens (including phenoxy) is 1. The van der Waals surface area contributed by atoms with Crippen LogP contribution < -0.4 is 5.73 Å². The lowest BCUT2D eigenvalue weighted by atomic mass is 10.0. The fraction of sp³-hybridized carbons (Fsp3) is 0.692. The van der Waals surface area contributed by atoms with Gasteiger partial charge in [-0.15, -0.1) is 0 Å². The minimum atomic E-state index is 0.122. The monoisotopic (exact) mass is 316 g/mol. The molecule has 0 aliphatic carbocycles. The predicted molar refractivity (Wildman–Crippen MR) is 74.4 cm³/mol. The summed E-state index contributed by atoms with van der Waals surface area (Å²) in [4.78, 5) is 2.27. The van der Waals surface area contributed by atoms with Gasteiger partial charge < -0.3 is 14.9 Å². The number of halogens is 1. The maximum Gasteiger partial charge on any atom is 0.136 e. The second-order valence-corrected chi connectivity index (χ2v) is 5.76. The first-order valence-corrected chi connectivity index (χ1v) is 7.22. The first-order valence-electron chi connectivity index (χ1n) is 6.43. The van der Waals surface area contributed by atoms with Gasteiger partial charge in [-0.05, 0) is 47.8 Å². The molecule has 0 amide bonds. The Balaban J connectivity index is 1.97. The number of hydrogen-bond donors (Lipinski definition) is 1. The van der Waals surface area contributed by atoms with Gasteiger partial charge in [0.15, 0.2) is 0 Å². The zero-order valence-electron chi connectivity index (χ0n) is 10.8. The van der Waals surface area contributed by atoms with Crippen molar-refractivity contribution < 1.29 is 9.15 Å². The normalized spacial score (nSPS) is 22.3. The summed E-state index contributed by atoms with van der Waals surface area (Å²) in [6.45, 7) is 3.32. The molecule has 0 saturated carbocycles. The first kappa shape index (κ1) is 14.1. The van der Waals surface area contributed by atoms with Crippen LogP contribution in [-0.4, -0.2) is 38.3 Å². The number of hydrogen-bond acceptors (Lipinski definition) is 4. The van der Waals surface area contributed by atoms with Crippen LogP contribution in [0, 0.1) is 5.92 Å². The van der Waals surface area contributed by atoms with E-state index in [1.807, 2.05) is 6.07 Å². The average molecular weight is 317 g/mol. The van der Waals surface area contributed by atoms with Crippen LogP contribution in [0.3, 0.4) is 0 Å². The average Bonchev–Trinajstić information content (AvgIpc) is 2.78. The van der Waals surface area contributed by atoms with Crippen LogP contribution in [0.1, 0.15) is 24.6 Å². The highest BCUT2D eigenvalue weighted by Gasteiger charge is 2.24. The van der Waals surface area contributed by atoms with Crippen molar-refractivity contribution in [3.05, 3.63) is 22.6 Å². The first-order chi connectivity index (χ1) is 8.72. The summed E-state index contributed by atoms with van der Waals surface area (Å²) in [6, 6.07) is 2.03. The molecule has 2 heterocycles. The third-order valence-electron chi connectivity index (χ3n) is 3.50. The van der Waals surface area contributed by atoms with E-state index in [4.69, 9.17) is 14.9 Å². The second-order valence-electron chi connectivity index (χ2n) is 4.91. The van der Waals surface area contributed by atoms with Crippen LogP contribution >= 0.6 is 15.9 Å². The van der Waals surface area contributed by atoms with E-state index in [1.54, 1.807) is 6.26 Å². The largest absolute Gasteiger partial charge is 0.466 e. The molecule has 2 N–H and O–H groups in total. The molecular formula is C13H21BrN2O2. The number of nitrogens with two attached hydrogens (primary N) is 1. The Morgan fingerprint density at radius 2 is 2.44 bits per heavy atom. The molecule has 2 unspecified atom stereocenters. The maximum absolute atomic E-state index is 5.89. The van der Waals surface area contributed by atoms with E-state index in [0.717, 1.165) is 36.4 Å². The van der Waals surface area contributed by atoms with Gasteiger partial charge in [0.05, 0.1) is 23.4 Å². The Bertz CT molecular complexity index is 364. The molecule has 0 radical (unpaired) electrons. The fourth-order valence-corrected chi connectivity index (χ4v) is 2.98. The van der Waals surface area contributed by atoms with E-state index in [2.05, 4.69) is 27.9 Å². The predicted octanol–water partition coefficient (Wildman–Crippen LogP) is 2.40. The van der Waals surface area contributed by atoms with E-state index in [0.29, 0.717) is 12.5 Å². The summed E-state index contributed by atoms with van der Waals surface area (Å²) in [5.74, 6) is 1.52. The molecule has 102 valence electrons. The topological polar surface area (TPSA) is 51.6 Å². The van der Waals surface area contributed by atoms with Crippen molar-refractivity contribution in [2.75, 3.05) is 33.4 Å². The van der Waals surface area contributed by atoms with Gasteiger partial charge in [-0.25, -0.2) is 0 Å². The number of nitrogens with zero attached hydrogens (tertiary/aromatic N) is 1. The molecule has 5 heteroatoms. The SMILES string of the molecule is CN(CC1CCCOC1)C(CN)c1occc1Br. The van der Waals surface area contributed by atoms with Gasteiger partial charge in [-0.2, -0.15) is 0 Å². The van der Waals surface area contributed by atoms with Crippen LogP contribution in [0.2, 0.25) is 0 Å². The molecule has 18 heavy (non-hydrogen) atoms. The maximum atomic E-state index is 5.89. The summed E-state index contributed by atoms with van der Waals surface area (Å²) < 4.78 is 12.0. The number of rotatable bonds is 5. The van der Waals surface area contributed by atoms with E-state index in [-0.39, 0.29) is 6.04 Å². The van der Waals surface area contributed by atoms with Gasteiger partial charge in [0.2, 0.25) is 0 Å². The highest BCUT2D eigenvalue weighted by Crippen LogP contribution is 2.28. The van der Waals surface area contributed by atoms with Gasteiger partial charge in [-0.3, -0.25) is 4.90 Å². The van der Waals surface area contributed by atoms with Crippen molar-refractivity contribution in [3.63, 3.8) is 0 Å². The third-order valence-corrected chi connectivity index (χ3v) is 4.16. The van der Waals surface area contributed by atoms with Crippen molar-refractivity contribution in [1.29, 1.82) is 0 Å². The Kier molecular flexibility index (Phi) is 5.24. The lowest BCUT2D eigenvalue weighted by Crippen LogP contribution is -2.36. The molecule has 0 aromatic carbocycles. The molecular weight excluding hydrogens is 296 g/mol. The molecule has 1 aliphatic rings. The van der Waals surface area contributed by atoms with Gasteiger partial charge in [0.25, 0.3) is 0 Å². The van der Waals surface area contributed by atoms with Gasteiger partial charge in [0, 0.05) is 19.7 Å². The molecule has 1 aromatic rings. The number of furan rings is 1. The summed E-state index contributed by atoms with van der Waals surface area (Å²) in [7, 11) is 2.10. The summed E-state index contributed by atoms with van der Waals surface area (Å²) >= 11 is 3.50. The lowest BCUT2D eigenvalue weighted by molar-refractivity contribution is 0.0350. The van der Waals surface area contributed by atoms with Crippen LogP contribution in [0.5, 0.6) is 0 Å². The Labute approximate surface area is 117 Å². The zero-order valence-corrected chi connectivity index (χ0v) is 12.4. The molecule has 1 aromatic heterocycles. The Morgan fingerprint density at radius 3 is 3.00 bits per heavy atom. The molecule has 2 atom stereocenters. The second kappa shape index (κ2) is 6.70. The van der Waals surface area contributed by atoms with E-state index < -0.39 is 0 Å². The highest BCUT2D eigenvalue weighted by molar-refractivity contribution is 9.10. The van der Waals surface area contributed by atoms with Crippen LogP contribution in [0.4, 0.5) is 0 Å². The van der Waals surface area contributed by atoms with Crippen molar-refractivity contribution >= 4 is 15.9 Å². The quantitative estimate of drug-likeness (QED) is 0.906. The van der Waals surface area contributed by atoms with E-state index in [1.165, 1.54) is 6.42 Å². The smallest absolute Gasteiger partial charge is 0.136 e. The minimum Gasteiger partial charge on any atom is -0.466 e. The van der Waals surface area contributed by atoms with Crippen molar-refractivity contribution in [1.82, 2.24) is 4.90 Å². The number of likely N-dealkylation sites (N-methyl/N-ethyl adjacent to an activating group) is 1. The molecule has 2 rings (SSSR count). The fourth-order valence-electron chi connectivity index (χ4n) is 2.52. The van der Waals surface area contributed by atoms with Crippen LogP contribution in [-0.2, 0) is 4.74 Å². The van der Waals surface area contributed by atoms with Crippen molar-refractivity contribution in [2.45, 2.75) is 18.9 Å². The molecule has 4 nitrogen and oxygen atoms in total. The minimum absolute atomic E-state index is 0.122. The highest BCUT2D eigenvalue weighted by atomic mass is 79.9. The van der Waals surface area contributed by atoms with Crippen LogP contribution in [0.25, 0.3) is 0 Å². The molecule has 0 spiro atoms. The van der Waals surface area contributed by atoms with Crippen LogP contribution in [0.15, 0.2) is 21.2 Å². The summed E-state index contributed by atoms with van der Waals surface area (Å²) in [6.07, 6.45) is 4.09. The molecule has 0 bridgehead atoms. The zero-order chi connectivity index (χ0) is 13.0. The summed E-state index contributed by atoms with van der Waals surface area (Å²) in [5, 5.41) is 0. The Morgan fingerprint density at radius 1 is 1.61 bits per heavy atom. The molecule has 1 saturated heterocycles. The van der Waals surface area contributed by atoms with Gasteiger partial charge >= 0.3 is 0 Å². The van der Waals surface area contributed by atoms with Gasteiger partial charge in [-0.1, -0.05) is 0 Å². The standard InChI is InChI=1S/C13H21BrN2O2/c1-16(8-10-3-2-5-17-9-10)12(7-15)13-11(14)4-6-18-13/h4,6,10,12H,2-3,5,7-9,15H2,1H3. The van der Waals surface area contributed by atoms with Crippen molar-refractivity contribution in [3.8, 4) is 0 Å². The van der Waals surface area contributed by atoms with E-state index >= 15 is 0 Å². The Hall–Kier alpha value is -0.360. The lowest BCUT2D eigenvalue weighted by Gasteiger charge is -2.31. The summed E-state index contributed by atoms with van der Waals surface area (Å²) in [5.41, 5.74) is 5.89. The third kappa shape index (κ3) is 3.35. The van der Waals surface area contributed by atoms with E-state index in [9.17, 15) is 0 Å². The molecule has 1 fully saturated rings. The van der Waals surface area contributed by atoms with Gasteiger partial charge in [0.1, 0.15) is 5.76 Å². The molecule has 1 aliphatic heterocycles.